The molecule has 0 bridgehead atoms. The number of hydrogen-bond donors (Lipinski definition) is 2. The Kier molecular flexibility index (Phi) is 7.04. The maximum absolute atomic E-state index is 12.1. The number of carbonyl (C=O) groups excluding carboxylic acids is 3. The average molecular weight is 410 g/mol. The zero-order valence-corrected chi connectivity index (χ0v) is 15.9. The molecule has 2 aromatic rings. The fraction of sp³-hybridized carbons (Fsp3) is 0.167. The van der Waals surface area contributed by atoms with Gasteiger partial charge < -0.3 is 20.7 Å². The standard InChI is InChI=1S/C18H17Cl2N3O4/c1-23(9-11-2-7-14(19)15(20)8-11)16(24)10-27-17(25)12-3-5-13(6-4-12)22-18(21)26/h2-8H,9-10H2,1H3,(H3,21,22,26). The first-order chi connectivity index (χ1) is 12.8. The summed E-state index contributed by atoms with van der Waals surface area (Å²) in [5, 5.41) is 3.20. The molecule has 142 valence electrons. The molecular formula is C18H17Cl2N3O4. The van der Waals surface area contributed by atoms with Gasteiger partial charge in [0.15, 0.2) is 6.61 Å². The first-order valence-corrected chi connectivity index (χ1v) is 8.53. The average Bonchev–Trinajstić information content (AvgIpc) is 2.62. The molecular weight excluding hydrogens is 393 g/mol. The van der Waals surface area contributed by atoms with Crippen LogP contribution >= 0.6 is 23.2 Å². The van der Waals surface area contributed by atoms with Crippen LogP contribution in [0.25, 0.3) is 0 Å². The molecule has 0 unspecified atom stereocenters. The number of ether oxygens (including phenoxy) is 1. The number of carbonyl (C=O) groups is 3. The fourth-order valence-corrected chi connectivity index (χ4v) is 2.47. The van der Waals surface area contributed by atoms with Crippen molar-refractivity contribution in [3.8, 4) is 0 Å². The maximum Gasteiger partial charge on any atom is 0.338 e. The largest absolute Gasteiger partial charge is 0.452 e. The SMILES string of the molecule is CN(Cc1ccc(Cl)c(Cl)c1)C(=O)COC(=O)c1ccc(NC(N)=O)cc1. The number of urea groups is 1. The van der Waals surface area contributed by atoms with Gasteiger partial charge in [-0.2, -0.15) is 0 Å². The van der Waals surface area contributed by atoms with Crippen LogP contribution in [0.2, 0.25) is 10.0 Å². The van der Waals surface area contributed by atoms with E-state index in [1.54, 1.807) is 25.2 Å². The smallest absolute Gasteiger partial charge is 0.338 e. The minimum Gasteiger partial charge on any atom is -0.452 e. The number of halogens is 2. The zero-order chi connectivity index (χ0) is 20.0. The normalized spacial score (nSPS) is 10.2. The predicted octanol–water partition coefficient (Wildman–Crippen LogP) is 3.30. The third-order valence-electron chi connectivity index (χ3n) is 3.54. The number of nitrogens with two attached hydrogens (primary N) is 1. The highest BCUT2D eigenvalue weighted by atomic mass is 35.5. The van der Waals surface area contributed by atoms with E-state index in [0.717, 1.165) is 5.56 Å². The van der Waals surface area contributed by atoms with Gasteiger partial charge in [-0.15, -0.1) is 0 Å². The van der Waals surface area contributed by atoms with Gasteiger partial charge in [0, 0.05) is 19.3 Å². The third kappa shape index (κ3) is 6.16. The van der Waals surface area contributed by atoms with E-state index in [0.29, 0.717) is 22.3 Å². The molecule has 0 aromatic heterocycles. The van der Waals surface area contributed by atoms with Gasteiger partial charge >= 0.3 is 12.0 Å². The molecule has 9 heteroatoms. The lowest BCUT2D eigenvalue weighted by Gasteiger charge is -2.17. The van der Waals surface area contributed by atoms with Crippen LogP contribution < -0.4 is 11.1 Å². The highest BCUT2D eigenvalue weighted by molar-refractivity contribution is 6.42. The monoisotopic (exact) mass is 409 g/mol. The molecule has 3 N–H and O–H groups in total. The molecule has 0 aliphatic carbocycles. The van der Waals surface area contributed by atoms with Gasteiger partial charge in [-0.3, -0.25) is 4.79 Å². The van der Waals surface area contributed by atoms with Gasteiger partial charge in [0.05, 0.1) is 15.6 Å². The van der Waals surface area contributed by atoms with Gasteiger partial charge in [0.2, 0.25) is 0 Å². The molecule has 0 spiro atoms. The van der Waals surface area contributed by atoms with Crippen molar-refractivity contribution in [3.63, 3.8) is 0 Å². The molecule has 0 fully saturated rings. The Bertz CT molecular complexity index is 856. The summed E-state index contributed by atoms with van der Waals surface area (Å²) < 4.78 is 5.02. The Labute approximate surface area is 166 Å². The molecule has 0 saturated carbocycles. The van der Waals surface area contributed by atoms with Crippen molar-refractivity contribution in [2.45, 2.75) is 6.54 Å². The van der Waals surface area contributed by atoms with E-state index in [-0.39, 0.29) is 11.5 Å². The predicted molar refractivity (Wildman–Crippen MR) is 103 cm³/mol. The second-order valence-corrected chi connectivity index (χ2v) is 6.46. The number of amides is 3. The highest BCUT2D eigenvalue weighted by Gasteiger charge is 2.14. The minimum atomic E-state index is -0.707. The summed E-state index contributed by atoms with van der Waals surface area (Å²) in [5.74, 6) is -1.03. The topological polar surface area (TPSA) is 102 Å². The van der Waals surface area contributed by atoms with E-state index in [1.165, 1.54) is 29.2 Å². The molecule has 2 aromatic carbocycles. The zero-order valence-electron chi connectivity index (χ0n) is 14.4. The van der Waals surface area contributed by atoms with E-state index >= 15 is 0 Å². The van der Waals surface area contributed by atoms with Crippen LogP contribution in [0.5, 0.6) is 0 Å². The van der Waals surface area contributed by atoms with Crippen LogP contribution in [0.3, 0.4) is 0 Å². The summed E-state index contributed by atoms with van der Waals surface area (Å²) in [6.07, 6.45) is 0. The summed E-state index contributed by atoms with van der Waals surface area (Å²) in [4.78, 5) is 36.3. The van der Waals surface area contributed by atoms with E-state index in [2.05, 4.69) is 5.32 Å². The number of esters is 1. The van der Waals surface area contributed by atoms with Crippen molar-refractivity contribution in [2.24, 2.45) is 5.73 Å². The lowest BCUT2D eigenvalue weighted by atomic mass is 10.2. The second kappa shape index (κ2) is 9.25. The molecule has 0 atom stereocenters. The van der Waals surface area contributed by atoms with Crippen LogP contribution in [0, 0.1) is 0 Å². The molecule has 2 rings (SSSR count). The number of benzene rings is 2. The van der Waals surface area contributed by atoms with Crippen LogP contribution in [0.15, 0.2) is 42.5 Å². The fourth-order valence-electron chi connectivity index (χ4n) is 2.15. The van der Waals surface area contributed by atoms with E-state index in [1.807, 2.05) is 0 Å². The molecule has 0 heterocycles. The highest BCUT2D eigenvalue weighted by Crippen LogP contribution is 2.23. The Balaban J connectivity index is 1.87. The lowest BCUT2D eigenvalue weighted by Crippen LogP contribution is -2.30. The van der Waals surface area contributed by atoms with Gasteiger partial charge in [-0.1, -0.05) is 29.3 Å². The van der Waals surface area contributed by atoms with Crippen LogP contribution in [0.1, 0.15) is 15.9 Å². The summed E-state index contributed by atoms with van der Waals surface area (Å²) in [6, 6.07) is 10.3. The summed E-state index contributed by atoms with van der Waals surface area (Å²) in [6.45, 7) is -0.112. The number of likely N-dealkylation sites (N-methyl/N-ethyl adjacent to an activating group) is 1. The lowest BCUT2D eigenvalue weighted by molar-refractivity contribution is -0.133. The summed E-state index contributed by atoms with van der Waals surface area (Å²) in [5.41, 5.74) is 6.48. The Morgan fingerprint density at radius 1 is 1.07 bits per heavy atom. The number of primary amides is 1. The number of hydrogen-bond acceptors (Lipinski definition) is 4. The van der Waals surface area contributed by atoms with E-state index in [9.17, 15) is 14.4 Å². The molecule has 0 aliphatic rings. The van der Waals surface area contributed by atoms with Crippen molar-refractivity contribution in [2.75, 3.05) is 19.0 Å². The van der Waals surface area contributed by atoms with Crippen molar-refractivity contribution in [1.29, 1.82) is 0 Å². The van der Waals surface area contributed by atoms with Gasteiger partial charge in [0.25, 0.3) is 5.91 Å². The van der Waals surface area contributed by atoms with Crippen molar-refractivity contribution >= 4 is 46.8 Å². The summed E-state index contributed by atoms with van der Waals surface area (Å²) in [7, 11) is 1.59. The van der Waals surface area contributed by atoms with Gasteiger partial charge in [-0.25, -0.2) is 9.59 Å². The number of nitrogens with one attached hydrogen (secondary N) is 1. The van der Waals surface area contributed by atoms with Crippen LogP contribution in [0.4, 0.5) is 10.5 Å². The molecule has 3 amide bonds. The second-order valence-electron chi connectivity index (χ2n) is 5.64. The van der Waals surface area contributed by atoms with Crippen molar-refractivity contribution in [3.05, 3.63) is 63.6 Å². The molecule has 27 heavy (non-hydrogen) atoms. The van der Waals surface area contributed by atoms with Gasteiger partial charge in [0.1, 0.15) is 0 Å². The van der Waals surface area contributed by atoms with Crippen molar-refractivity contribution < 1.29 is 19.1 Å². The number of rotatable bonds is 6. The molecule has 7 nitrogen and oxygen atoms in total. The van der Waals surface area contributed by atoms with Gasteiger partial charge in [-0.05, 0) is 42.0 Å². The Morgan fingerprint density at radius 2 is 1.74 bits per heavy atom. The Morgan fingerprint density at radius 3 is 2.33 bits per heavy atom. The molecule has 0 aliphatic heterocycles. The van der Waals surface area contributed by atoms with E-state index < -0.39 is 18.6 Å². The molecule has 0 saturated heterocycles. The molecule has 0 radical (unpaired) electrons. The van der Waals surface area contributed by atoms with E-state index in [4.69, 9.17) is 33.7 Å². The van der Waals surface area contributed by atoms with Crippen LogP contribution in [-0.2, 0) is 16.1 Å². The maximum atomic E-state index is 12.1. The third-order valence-corrected chi connectivity index (χ3v) is 4.28. The van der Waals surface area contributed by atoms with Crippen molar-refractivity contribution in [1.82, 2.24) is 4.90 Å². The number of anilines is 1. The number of nitrogens with zero attached hydrogens (tertiary/aromatic N) is 1. The van der Waals surface area contributed by atoms with Crippen LogP contribution in [-0.4, -0.2) is 36.5 Å². The minimum absolute atomic E-state index is 0.241. The first-order valence-electron chi connectivity index (χ1n) is 7.78. The quantitative estimate of drug-likeness (QED) is 0.714. The first kappa shape index (κ1) is 20.5. The summed E-state index contributed by atoms with van der Waals surface area (Å²) >= 11 is 11.8. The Hall–Kier alpha value is -2.77.